The molecule has 0 aliphatic carbocycles. The first-order chi connectivity index (χ1) is 12.6. The molecule has 3 aromatic rings. The zero-order valence-corrected chi connectivity index (χ0v) is 15.1. The number of carbonyl (C=O) groups excluding carboxylic acids is 1. The van der Waals surface area contributed by atoms with Gasteiger partial charge in [-0.2, -0.15) is 5.10 Å². The quantitative estimate of drug-likeness (QED) is 0.501. The third-order valence-electron chi connectivity index (χ3n) is 4.21. The number of rotatable bonds is 6. The largest absolute Gasteiger partial charge is 0.488 e. The minimum atomic E-state index is -0.0600. The molecule has 1 aromatic carbocycles. The van der Waals surface area contributed by atoms with Gasteiger partial charge in [-0.3, -0.25) is 14.5 Å². The lowest BCUT2D eigenvalue weighted by Gasteiger charge is -2.09. The number of nitrogens with zero attached hydrogens (tertiary/aromatic N) is 3. The van der Waals surface area contributed by atoms with Crippen LogP contribution < -0.4 is 4.74 Å². The predicted octanol–water partition coefficient (Wildman–Crippen LogP) is 3.91. The molecule has 0 amide bonds. The molecule has 0 saturated carbocycles. The van der Waals surface area contributed by atoms with Crippen molar-refractivity contribution in [3.63, 3.8) is 0 Å². The average Bonchev–Trinajstić information content (AvgIpc) is 2.91. The van der Waals surface area contributed by atoms with Crippen LogP contribution in [0.5, 0.6) is 5.75 Å². The lowest BCUT2D eigenvalue weighted by molar-refractivity contribution is 0.104. The van der Waals surface area contributed by atoms with E-state index in [0.717, 1.165) is 28.3 Å². The molecule has 132 valence electrons. The van der Waals surface area contributed by atoms with Crippen molar-refractivity contribution in [1.82, 2.24) is 14.8 Å². The number of aromatic nitrogens is 3. The first kappa shape index (κ1) is 17.6. The van der Waals surface area contributed by atoms with Crippen molar-refractivity contribution < 1.29 is 9.53 Å². The molecule has 2 aromatic heterocycles. The van der Waals surface area contributed by atoms with E-state index in [2.05, 4.69) is 10.1 Å². The Balaban J connectivity index is 1.77. The molecule has 0 aliphatic heterocycles. The van der Waals surface area contributed by atoms with Gasteiger partial charge in [0.25, 0.3) is 0 Å². The number of pyridine rings is 1. The number of ketones is 1. The summed E-state index contributed by atoms with van der Waals surface area (Å²) in [4.78, 5) is 16.7. The molecule has 5 heteroatoms. The second kappa shape index (κ2) is 7.78. The Morgan fingerprint density at radius 1 is 1.19 bits per heavy atom. The maximum absolute atomic E-state index is 12.6. The highest BCUT2D eigenvalue weighted by Gasteiger charge is 2.15. The van der Waals surface area contributed by atoms with Gasteiger partial charge in [0, 0.05) is 36.3 Å². The molecule has 0 aliphatic rings. The lowest BCUT2D eigenvalue weighted by atomic mass is 10.1. The number of hydrogen-bond donors (Lipinski definition) is 0. The van der Waals surface area contributed by atoms with Gasteiger partial charge < -0.3 is 4.74 Å². The molecule has 26 heavy (non-hydrogen) atoms. The number of allylic oxidation sites excluding steroid dienone is 1. The van der Waals surface area contributed by atoms with Gasteiger partial charge in [-0.05, 0) is 38.1 Å². The highest BCUT2D eigenvalue weighted by molar-refractivity contribution is 6.08. The van der Waals surface area contributed by atoms with Crippen LogP contribution in [0.25, 0.3) is 6.08 Å². The second-order valence-electron chi connectivity index (χ2n) is 6.05. The number of ether oxygens (including phenoxy) is 1. The molecule has 2 heterocycles. The van der Waals surface area contributed by atoms with Gasteiger partial charge >= 0.3 is 0 Å². The Kier molecular flexibility index (Phi) is 5.27. The number of benzene rings is 1. The highest BCUT2D eigenvalue weighted by atomic mass is 16.5. The van der Waals surface area contributed by atoms with Crippen molar-refractivity contribution in [2.24, 2.45) is 7.05 Å². The van der Waals surface area contributed by atoms with E-state index >= 15 is 0 Å². The number of hydrogen-bond acceptors (Lipinski definition) is 4. The molecule has 0 atom stereocenters. The maximum atomic E-state index is 12.6. The van der Waals surface area contributed by atoms with Crippen LogP contribution in [0.4, 0.5) is 0 Å². The van der Waals surface area contributed by atoms with Crippen LogP contribution in [0.2, 0.25) is 0 Å². The van der Waals surface area contributed by atoms with E-state index < -0.39 is 0 Å². The van der Waals surface area contributed by atoms with Crippen molar-refractivity contribution in [3.8, 4) is 5.75 Å². The summed E-state index contributed by atoms with van der Waals surface area (Å²) >= 11 is 0. The Hall–Kier alpha value is -3.21. The maximum Gasteiger partial charge on any atom is 0.189 e. The molecule has 0 radical (unpaired) electrons. The van der Waals surface area contributed by atoms with E-state index in [1.807, 2.05) is 57.3 Å². The fourth-order valence-corrected chi connectivity index (χ4v) is 2.77. The molecule has 0 unspecified atom stereocenters. The highest BCUT2D eigenvalue weighted by Crippen LogP contribution is 2.22. The van der Waals surface area contributed by atoms with Gasteiger partial charge in [0.05, 0.1) is 11.3 Å². The summed E-state index contributed by atoms with van der Waals surface area (Å²) in [7, 11) is 1.84. The topological polar surface area (TPSA) is 57.0 Å². The van der Waals surface area contributed by atoms with Gasteiger partial charge in [-0.25, -0.2) is 0 Å². The Labute approximate surface area is 153 Å². The summed E-state index contributed by atoms with van der Waals surface area (Å²) in [5.74, 6) is 0.662. The molecule has 0 spiro atoms. The van der Waals surface area contributed by atoms with E-state index in [1.54, 1.807) is 29.2 Å². The average molecular weight is 347 g/mol. The summed E-state index contributed by atoms with van der Waals surface area (Å²) in [6.45, 7) is 4.17. The van der Waals surface area contributed by atoms with Crippen molar-refractivity contribution >= 4 is 11.9 Å². The van der Waals surface area contributed by atoms with E-state index in [9.17, 15) is 4.79 Å². The van der Waals surface area contributed by atoms with E-state index in [1.165, 1.54) is 0 Å². The molecule has 0 N–H and O–H groups in total. The predicted molar refractivity (Wildman–Crippen MR) is 101 cm³/mol. The van der Waals surface area contributed by atoms with E-state index in [-0.39, 0.29) is 5.78 Å². The van der Waals surface area contributed by atoms with E-state index in [0.29, 0.717) is 12.2 Å². The van der Waals surface area contributed by atoms with Gasteiger partial charge in [0.15, 0.2) is 5.78 Å². The van der Waals surface area contributed by atoms with Crippen molar-refractivity contribution in [2.75, 3.05) is 0 Å². The van der Waals surface area contributed by atoms with Crippen molar-refractivity contribution in [1.29, 1.82) is 0 Å². The van der Waals surface area contributed by atoms with Crippen LogP contribution >= 0.6 is 0 Å². The molecule has 0 saturated heterocycles. The summed E-state index contributed by atoms with van der Waals surface area (Å²) in [5, 5.41) is 4.30. The van der Waals surface area contributed by atoms with Crippen LogP contribution in [0.1, 0.15) is 32.9 Å². The molecular formula is C21H21N3O2. The van der Waals surface area contributed by atoms with Crippen molar-refractivity contribution in [3.05, 3.63) is 82.9 Å². The third kappa shape index (κ3) is 3.88. The molecular weight excluding hydrogens is 326 g/mol. The zero-order chi connectivity index (χ0) is 18.5. The van der Waals surface area contributed by atoms with Crippen LogP contribution in [0.15, 0.2) is 54.9 Å². The second-order valence-corrected chi connectivity index (χ2v) is 6.05. The van der Waals surface area contributed by atoms with Crippen LogP contribution in [-0.2, 0) is 13.7 Å². The van der Waals surface area contributed by atoms with E-state index in [4.69, 9.17) is 4.74 Å². The van der Waals surface area contributed by atoms with Crippen LogP contribution in [0.3, 0.4) is 0 Å². The minimum Gasteiger partial charge on any atom is -0.488 e. The first-order valence-corrected chi connectivity index (χ1v) is 8.39. The van der Waals surface area contributed by atoms with Gasteiger partial charge in [-0.1, -0.05) is 24.3 Å². The monoisotopic (exact) mass is 347 g/mol. The fourth-order valence-electron chi connectivity index (χ4n) is 2.77. The SMILES string of the molecule is Cc1nn(C)c(C)c1C(=O)/C=C\c1ccccc1OCc1cccnc1. The molecule has 5 nitrogen and oxygen atoms in total. The fraction of sp³-hybridized carbons (Fsp3) is 0.190. The van der Waals surface area contributed by atoms with Gasteiger partial charge in [-0.15, -0.1) is 0 Å². The third-order valence-corrected chi connectivity index (χ3v) is 4.21. The first-order valence-electron chi connectivity index (χ1n) is 8.39. The molecule has 0 fully saturated rings. The Morgan fingerprint density at radius 3 is 2.69 bits per heavy atom. The minimum absolute atomic E-state index is 0.0600. The number of carbonyl (C=O) groups is 1. The summed E-state index contributed by atoms with van der Waals surface area (Å²) in [6, 6.07) is 11.5. The standard InChI is InChI=1S/C21H21N3O2/c1-15-21(16(2)24(3)23-15)19(25)11-10-18-8-4-5-9-20(18)26-14-17-7-6-12-22-13-17/h4-13H,14H2,1-3H3/b11-10-. The lowest BCUT2D eigenvalue weighted by Crippen LogP contribution is -2.00. The summed E-state index contributed by atoms with van der Waals surface area (Å²) in [5.41, 5.74) is 4.09. The molecule has 3 rings (SSSR count). The summed E-state index contributed by atoms with van der Waals surface area (Å²) in [6.07, 6.45) is 6.86. The zero-order valence-electron chi connectivity index (χ0n) is 15.1. The Bertz CT molecular complexity index is 943. The smallest absolute Gasteiger partial charge is 0.189 e. The van der Waals surface area contributed by atoms with Crippen LogP contribution in [0, 0.1) is 13.8 Å². The number of para-hydroxylation sites is 1. The van der Waals surface area contributed by atoms with Crippen molar-refractivity contribution in [2.45, 2.75) is 20.5 Å². The van der Waals surface area contributed by atoms with Crippen LogP contribution in [-0.4, -0.2) is 20.5 Å². The Morgan fingerprint density at radius 2 is 2.00 bits per heavy atom. The van der Waals surface area contributed by atoms with Gasteiger partial charge in [0.1, 0.15) is 12.4 Å². The molecule has 0 bridgehead atoms. The number of aryl methyl sites for hydroxylation is 2. The summed E-state index contributed by atoms with van der Waals surface area (Å²) < 4.78 is 7.62. The van der Waals surface area contributed by atoms with Gasteiger partial charge in [0.2, 0.25) is 0 Å². The normalized spacial score (nSPS) is 11.0.